The lowest BCUT2D eigenvalue weighted by Crippen LogP contribution is -2.19. The Balaban J connectivity index is 1.60. The molecule has 4 N–H and O–H groups in total. The maximum absolute atomic E-state index is 13.3. The number of nitrogens with zero attached hydrogens (tertiary/aromatic N) is 4. The second kappa shape index (κ2) is 8.42. The van der Waals surface area contributed by atoms with Gasteiger partial charge < -0.3 is 16.4 Å². The van der Waals surface area contributed by atoms with Gasteiger partial charge in [0.2, 0.25) is 0 Å². The molecule has 4 aromatic rings. The summed E-state index contributed by atoms with van der Waals surface area (Å²) in [5.74, 6) is -0.446. The molecule has 0 unspecified atom stereocenters. The van der Waals surface area contributed by atoms with Crippen molar-refractivity contribution in [1.29, 1.82) is 0 Å². The number of benzene rings is 1. The summed E-state index contributed by atoms with van der Waals surface area (Å²) < 4.78 is 14.6. The van der Waals surface area contributed by atoms with Crippen molar-refractivity contribution in [2.75, 3.05) is 16.4 Å². The van der Waals surface area contributed by atoms with Crippen LogP contribution in [0.15, 0.2) is 55.1 Å². The van der Waals surface area contributed by atoms with Gasteiger partial charge in [0.05, 0.1) is 17.4 Å². The van der Waals surface area contributed by atoms with Gasteiger partial charge in [-0.2, -0.15) is 5.10 Å². The number of nitrogen functional groups attached to an aromatic ring is 1. The summed E-state index contributed by atoms with van der Waals surface area (Å²) in [5, 5.41) is 9.42. The molecule has 10 heteroatoms. The van der Waals surface area contributed by atoms with Crippen LogP contribution in [0.2, 0.25) is 0 Å². The van der Waals surface area contributed by atoms with Gasteiger partial charge in [0.1, 0.15) is 17.7 Å². The molecule has 4 rings (SSSR count). The summed E-state index contributed by atoms with van der Waals surface area (Å²) in [7, 11) is 0. The Kier molecular flexibility index (Phi) is 5.50. The van der Waals surface area contributed by atoms with E-state index < -0.39 is 11.8 Å². The normalized spacial score (nSPS) is 11.0. The van der Waals surface area contributed by atoms with Crippen LogP contribution < -0.4 is 16.4 Å². The van der Waals surface area contributed by atoms with Crippen molar-refractivity contribution in [2.45, 2.75) is 19.8 Å². The molecule has 0 saturated carbocycles. The Morgan fingerprint density at radius 3 is 2.50 bits per heavy atom. The molecule has 32 heavy (non-hydrogen) atoms. The van der Waals surface area contributed by atoms with Crippen molar-refractivity contribution in [3.05, 3.63) is 77.8 Å². The van der Waals surface area contributed by atoms with E-state index in [4.69, 9.17) is 5.73 Å². The number of aromatic nitrogens is 4. The first kappa shape index (κ1) is 20.9. The summed E-state index contributed by atoms with van der Waals surface area (Å²) in [6.07, 6.45) is 4.16. The van der Waals surface area contributed by atoms with Gasteiger partial charge in [-0.25, -0.2) is 18.7 Å². The Morgan fingerprint density at radius 1 is 1.06 bits per heavy atom. The average molecular weight is 433 g/mol. The number of pyridine rings is 1. The smallest absolute Gasteiger partial charge is 0.323 e. The minimum Gasteiger partial charge on any atom is -0.382 e. The molecule has 0 aliphatic heterocycles. The van der Waals surface area contributed by atoms with E-state index in [9.17, 15) is 14.0 Å². The van der Waals surface area contributed by atoms with Gasteiger partial charge in [-0.1, -0.05) is 13.8 Å². The van der Waals surface area contributed by atoms with Crippen molar-refractivity contribution in [3.63, 3.8) is 0 Å². The number of hydrogen-bond donors (Lipinski definition) is 3. The van der Waals surface area contributed by atoms with E-state index >= 15 is 0 Å². The van der Waals surface area contributed by atoms with Crippen molar-refractivity contribution < 1.29 is 14.0 Å². The maximum Gasteiger partial charge on any atom is 0.323 e. The van der Waals surface area contributed by atoms with E-state index in [2.05, 4.69) is 25.7 Å². The molecule has 2 amide bonds. The van der Waals surface area contributed by atoms with Crippen LogP contribution in [-0.2, 0) is 0 Å². The molecule has 0 radical (unpaired) electrons. The molecule has 3 aromatic heterocycles. The van der Waals surface area contributed by atoms with E-state index in [0.29, 0.717) is 22.5 Å². The van der Waals surface area contributed by atoms with Crippen LogP contribution in [0.3, 0.4) is 0 Å². The monoisotopic (exact) mass is 433 g/mol. The maximum atomic E-state index is 13.3. The third kappa shape index (κ3) is 4.10. The number of hydrogen-bond acceptors (Lipinski definition) is 6. The molecule has 0 spiro atoms. The van der Waals surface area contributed by atoms with E-state index in [1.165, 1.54) is 49.1 Å². The topological polar surface area (TPSA) is 127 Å². The third-order valence-electron chi connectivity index (χ3n) is 4.81. The number of carbonyl (C=O) groups is 2. The standard InChI is InChI=1S/C22H20FN7O2/c1-12(2)18-8-17(19-21(24)26-11-27-30(18)19)20(31)13-7-16(10-25-9-13)29-22(32)28-15-5-3-14(23)4-6-15/h3-12H,1-2H3,(H2,24,26,27)(H2,28,29,32). The zero-order chi connectivity index (χ0) is 22.8. The molecule has 0 saturated heterocycles. The van der Waals surface area contributed by atoms with Crippen LogP contribution in [-0.4, -0.2) is 31.4 Å². The number of urea groups is 1. The molecule has 0 bridgehead atoms. The minimum absolute atomic E-state index is 0.0969. The Bertz CT molecular complexity index is 1320. The van der Waals surface area contributed by atoms with Crippen molar-refractivity contribution in [3.8, 4) is 0 Å². The fraction of sp³-hybridized carbons (Fsp3) is 0.136. The second-order valence-electron chi connectivity index (χ2n) is 7.42. The van der Waals surface area contributed by atoms with E-state index in [1.54, 1.807) is 10.6 Å². The highest BCUT2D eigenvalue weighted by molar-refractivity contribution is 6.15. The van der Waals surface area contributed by atoms with Gasteiger partial charge in [0.15, 0.2) is 11.6 Å². The molecule has 162 valence electrons. The largest absolute Gasteiger partial charge is 0.382 e. The van der Waals surface area contributed by atoms with Gasteiger partial charge in [-0.15, -0.1) is 0 Å². The number of nitrogens with one attached hydrogen (secondary N) is 2. The molecule has 0 fully saturated rings. The minimum atomic E-state index is -0.558. The number of halogens is 1. The third-order valence-corrected chi connectivity index (χ3v) is 4.81. The number of nitrogens with two attached hydrogens (primary N) is 1. The molecular formula is C22H20FN7O2. The van der Waals surface area contributed by atoms with Gasteiger partial charge in [0, 0.05) is 23.1 Å². The van der Waals surface area contributed by atoms with Crippen LogP contribution in [0, 0.1) is 5.82 Å². The van der Waals surface area contributed by atoms with Gasteiger partial charge >= 0.3 is 6.03 Å². The Morgan fingerprint density at radius 2 is 1.78 bits per heavy atom. The predicted molar refractivity (Wildman–Crippen MR) is 118 cm³/mol. The number of amides is 2. The van der Waals surface area contributed by atoms with E-state index in [1.807, 2.05) is 13.8 Å². The molecule has 1 aromatic carbocycles. The molecule has 0 aliphatic rings. The predicted octanol–water partition coefficient (Wildman–Crippen LogP) is 3.84. The first-order valence-corrected chi connectivity index (χ1v) is 9.79. The highest BCUT2D eigenvalue weighted by Crippen LogP contribution is 2.27. The molecule has 3 heterocycles. The fourth-order valence-corrected chi connectivity index (χ4v) is 3.29. The Hall–Kier alpha value is -4.34. The van der Waals surface area contributed by atoms with Crippen molar-refractivity contribution >= 4 is 34.5 Å². The lowest BCUT2D eigenvalue weighted by atomic mass is 10.0. The number of ketones is 1. The number of fused-ring (bicyclic) bond motifs is 1. The highest BCUT2D eigenvalue weighted by atomic mass is 19.1. The fourth-order valence-electron chi connectivity index (χ4n) is 3.29. The van der Waals surface area contributed by atoms with Crippen LogP contribution in [0.4, 0.5) is 26.4 Å². The number of carbonyl (C=O) groups excluding carboxylic acids is 2. The van der Waals surface area contributed by atoms with Crippen LogP contribution in [0.1, 0.15) is 41.4 Å². The van der Waals surface area contributed by atoms with E-state index in [0.717, 1.165) is 5.69 Å². The molecule has 0 atom stereocenters. The quantitative estimate of drug-likeness (QED) is 0.410. The number of rotatable bonds is 5. The Labute approximate surface area is 182 Å². The first-order chi connectivity index (χ1) is 15.3. The summed E-state index contributed by atoms with van der Waals surface area (Å²) in [4.78, 5) is 33.6. The highest BCUT2D eigenvalue weighted by Gasteiger charge is 2.22. The summed E-state index contributed by atoms with van der Waals surface area (Å²) in [6.45, 7) is 3.97. The van der Waals surface area contributed by atoms with Crippen LogP contribution in [0.5, 0.6) is 0 Å². The summed E-state index contributed by atoms with van der Waals surface area (Å²) in [5.41, 5.74) is 8.62. The molecule has 9 nitrogen and oxygen atoms in total. The summed E-state index contributed by atoms with van der Waals surface area (Å²) in [6, 6.07) is 8.04. The number of anilines is 3. The van der Waals surface area contributed by atoms with Crippen LogP contribution in [0.25, 0.3) is 5.52 Å². The van der Waals surface area contributed by atoms with Crippen molar-refractivity contribution in [2.24, 2.45) is 0 Å². The lowest BCUT2D eigenvalue weighted by molar-refractivity contribution is 0.104. The molecule has 0 aliphatic carbocycles. The van der Waals surface area contributed by atoms with Gasteiger partial charge in [-0.05, 0) is 42.3 Å². The molecular weight excluding hydrogens is 413 g/mol. The lowest BCUT2D eigenvalue weighted by Gasteiger charge is -2.08. The average Bonchev–Trinajstić information content (AvgIpc) is 3.16. The van der Waals surface area contributed by atoms with Gasteiger partial charge in [-0.3, -0.25) is 9.78 Å². The van der Waals surface area contributed by atoms with Crippen molar-refractivity contribution in [1.82, 2.24) is 19.6 Å². The van der Waals surface area contributed by atoms with Crippen LogP contribution >= 0.6 is 0 Å². The van der Waals surface area contributed by atoms with Gasteiger partial charge in [0.25, 0.3) is 0 Å². The zero-order valence-corrected chi connectivity index (χ0v) is 17.3. The zero-order valence-electron chi connectivity index (χ0n) is 17.3. The first-order valence-electron chi connectivity index (χ1n) is 9.79. The summed E-state index contributed by atoms with van der Waals surface area (Å²) >= 11 is 0. The van der Waals surface area contributed by atoms with E-state index in [-0.39, 0.29) is 23.1 Å². The second-order valence-corrected chi connectivity index (χ2v) is 7.42. The SMILES string of the molecule is CC(C)c1cc(C(=O)c2cncc(NC(=O)Nc3ccc(F)cc3)c2)c2c(N)ncnn12.